The minimum Gasteiger partial charge on any atom is -0.325 e. The predicted molar refractivity (Wildman–Crippen MR) is 101 cm³/mol. The van der Waals surface area contributed by atoms with Crippen molar-refractivity contribution in [2.75, 3.05) is 24.7 Å². The van der Waals surface area contributed by atoms with Crippen LogP contribution in [0.5, 0.6) is 0 Å². The third-order valence-corrected chi connectivity index (χ3v) is 5.25. The van der Waals surface area contributed by atoms with Crippen LogP contribution >= 0.6 is 0 Å². The number of aryl methyl sites for hydroxylation is 1. The summed E-state index contributed by atoms with van der Waals surface area (Å²) in [5, 5.41) is 2.71. The van der Waals surface area contributed by atoms with Gasteiger partial charge in [0.25, 0.3) is 0 Å². The normalized spacial score (nSPS) is 11.5. The first kappa shape index (κ1) is 20.1. The van der Waals surface area contributed by atoms with Gasteiger partial charge in [0.05, 0.1) is 12.8 Å². The summed E-state index contributed by atoms with van der Waals surface area (Å²) in [5.74, 6) is -0.749. The van der Waals surface area contributed by atoms with Crippen LogP contribution in [0.1, 0.15) is 18.1 Å². The highest BCUT2D eigenvalue weighted by Gasteiger charge is 2.20. The van der Waals surface area contributed by atoms with Gasteiger partial charge >= 0.3 is 0 Å². The van der Waals surface area contributed by atoms with Gasteiger partial charge in [0.2, 0.25) is 15.9 Å². The lowest BCUT2D eigenvalue weighted by Gasteiger charge is -2.19. The number of halogens is 1. The van der Waals surface area contributed by atoms with Crippen molar-refractivity contribution in [3.05, 3.63) is 65.5 Å². The Balaban J connectivity index is 1.97. The van der Waals surface area contributed by atoms with Gasteiger partial charge in [-0.2, -0.15) is 4.31 Å². The number of carbonyl (C=O) groups is 1. The van der Waals surface area contributed by atoms with Crippen molar-refractivity contribution in [1.29, 1.82) is 0 Å². The van der Waals surface area contributed by atoms with Crippen LogP contribution < -0.4 is 5.32 Å². The van der Waals surface area contributed by atoms with E-state index in [1.54, 1.807) is 24.3 Å². The molecule has 0 unspecified atom stereocenters. The van der Waals surface area contributed by atoms with E-state index in [1.807, 2.05) is 19.1 Å². The Morgan fingerprint density at radius 3 is 2.15 bits per heavy atom. The maximum atomic E-state index is 12.9. The van der Waals surface area contributed by atoms with E-state index < -0.39 is 15.9 Å². The maximum Gasteiger partial charge on any atom is 0.239 e. The van der Waals surface area contributed by atoms with Gasteiger partial charge in [0.15, 0.2) is 0 Å². The second-order valence-corrected chi connectivity index (χ2v) is 8.05. The number of sulfonamides is 1. The molecular formula is C19H23FN2O3S. The van der Waals surface area contributed by atoms with Gasteiger partial charge in [0.1, 0.15) is 5.82 Å². The molecule has 140 valence electrons. The summed E-state index contributed by atoms with van der Waals surface area (Å²) in [4.78, 5) is 12.2. The van der Waals surface area contributed by atoms with Crippen molar-refractivity contribution >= 4 is 21.6 Å². The number of nitrogens with zero attached hydrogens (tertiary/aromatic N) is 1. The van der Waals surface area contributed by atoms with Gasteiger partial charge < -0.3 is 5.32 Å². The molecule has 0 fully saturated rings. The zero-order valence-electron chi connectivity index (χ0n) is 14.9. The van der Waals surface area contributed by atoms with Crippen LogP contribution in [-0.2, 0) is 27.7 Å². The number of carbonyl (C=O) groups excluding carboxylic acids is 1. The molecular weight excluding hydrogens is 355 g/mol. The SMILES string of the molecule is CCc1ccc(NC(=O)CN(CCc2ccc(F)cc2)S(C)(=O)=O)cc1. The average molecular weight is 378 g/mol. The molecule has 5 nitrogen and oxygen atoms in total. The molecule has 0 saturated heterocycles. The molecule has 2 rings (SSSR count). The Hall–Kier alpha value is -2.25. The Labute approximate surface area is 153 Å². The highest BCUT2D eigenvalue weighted by atomic mass is 32.2. The van der Waals surface area contributed by atoms with E-state index in [2.05, 4.69) is 5.32 Å². The largest absolute Gasteiger partial charge is 0.325 e. The third kappa shape index (κ3) is 6.24. The molecule has 0 aliphatic carbocycles. The Morgan fingerprint density at radius 1 is 1.04 bits per heavy atom. The highest BCUT2D eigenvalue weighted by Crippen LogP contribution is 2.11. The number of anilines is 1. The van der Waals surface area contributed by atoms with Crippen LogP contribution in [0.4, 0.5) is 10.1 Å². The number of hydrogen-bond acceptors (Lipinski definition) is 3. The van der Waals surface area contributed by atoms with Crippen molar-refractivity contribution in [1.82, 2.24) is 4.31 Å². The average Bonchev–Trinajstić information content (AvgIpc) is 2.59. The fraction of sp³-hybridized carbons (Fsp3) is 0.316. The Bertz CT molecular complexity index is 834. The van der Waals surface area contributed by atoms with Crippen LogP contribution in [0.3, 0.4) is 0 Å². The molecule has 0 saturated carbocycles. The molecule has 1 N–H and O–H groups in total. The minimum atomic E-state index is -3.54. The predicted octanol–water partition coefficient (Wildman–Crippen LogP) is 2.83. The first-order chi connectivity index (χ1) is 12.3. The van der Waals surface area contributed by atoms with E-state index >= 15 is 0 Å². The van der Waals surface area contributed by atoms with E-state index in [-0.39, 0.29) is 18.9 Å². The fourth-order valence-corrected chi connectivity index (χ4v) is 3.23. The summed E-state index contributed by atoms with van der Waals surface area (Å²) < 4.78 is 38.0. The van der Waals surface area contributed by atoms with Gasteiger partial charge in [-0.05, 0) is 48.2 Å². The summed E-state index contributed by atoms with van der Waals surface area (Å²) in [6.07, 6.45) is 2.37. The van der Waals surface area contributed by atoms with Crippen LogP contribution in [0, 0.1) is 5.82 Å². The van der Waals surface area contributed by atoms with Gasteiger partial charge in [-0.15, -0.1) is 0 Å². The fourth-order valence-electron chi connectivity index (χ4n) is 2.45. The zero-order chi connectivity index (χ0) is 19.2. The van der Waals surface area contributed by atoms with Crippen molar-refractivity contribution in [2.45, 2.75) is 19.8 Å². The Morgan fingerprint density at radius 2 is 1.62 bits per heavy atom. The zero-order valence-corrected chi connectivity index (χ0v) is 15.7. The molecule has 0 aromatic heterocycles. The van der Waals surface area contributed by atoms with E-state index in [1.165, 1.54) is 12.1 Å². The number of rotatable bonds is 8. The number of hydrogen-bond donors (Lipinski definition) is 1. The lowest BCUT2D eigenvalue weighted by molar-refractivity contribution is -0.116. The molecule has 7 heteroatoms. The topological polar surface area (TPSA) is 66.5 Å². The second-order valence-electron chi connectivity index (χ2n) is 6.07. The molecule has 0 aliphatic heterocycles. The minimum absolute atomic E-state index is 0.145. The Kier molecular flexibility index (Phi) is 6.88. The lowest BCUT2D eigenvalue weighted by atomic mass is 10.1. The molecule has 26 heavy (non-hydrogen) atoms. The first-order valence-electron chi connectivity index (χ1n) is 8.36. The van der Waals surface area contributed by atoms with Crippen LogP contribution in [0.15, 0.2) is 48.5 Å². The maximum absolute atomic E-state index is 12.9. The summed E-state index contributed by atoms with van der Waals surface area (Å²) in [6.45, 7) is 1.92. The molecule has 0 bridgehead atoms. The van der Waals surface area contributed by atoms with Crippen LogP contribution in [0.2, 0.25) is 0 Å². The summed E-state index contributed by atoms with van der Waals surface area (Å²) >= 11 is 0. The van der Waals surface area contributed by atoms with E-state index in [9.17, 15) is 17.6 Å². The van der Waals surface area contributed by atoms with Crippen LogP contribution in [-0.4, -0.2) is 38.0 Å². The van der Waals surface area contributed by atoms with Gasteiger partial charge in [-0.3, -0.25) is 4.79 Å². The highest BCUT2D eigenvalue weighted by molar-refractivity contribution is 7.88. The van der Waals surface area contributed by atoms with Gasteiger partial charge in [-0.25, -0.2) is 12.8 Å². The van der Waals surface area contributed by atoms with Crippen LogP contribution in [0.25, 0.3) is 0 Å². The molecule has 1 amide bonds. The lowest BCUT2D eigenvalue weighted by Crippen LogP contribution is -2.38. The van der Waals surface area contributed by atoms with Gasteiger partial charge in [-0.1, -0.05) is 31.2 Å². The molecule has 0 spiro atoms. The van der Waals surface area contributed by atoms with E-state index in [0.717, 1.165) is 28.1 Å². The quantitative estimate of drug-likeness (QED) is 0.768. The first-order valence-corrected chi connectivity index (χ1v) is 10.2. The molecule has 2 aromatic rings. The number of benzene rings is 2. The molecule has 0 radical (unpaired) electrons. The smallest absolute Gasteiger partial charge is 0.239 e. The monoisotopic (exact) mass is 378 g/mol. The van der Waals surface area contributed by atoms with Gasteiger partial charge in [0, 0.05) is 12.2 Å². The summed E-state index contributed by atoms with van der Waals surface area (Å²) in [7, 11) is -3.54. The molecule has 0 heterocycles. The third-order valence-electron chi connectivity index (χ3n) is 4.00. The van der Waals surface area contributed by atoms with Crippen molar-refractivity contribution in [2.24, 2.45) is 0 Å². The van der Waals surface area contributed by atoms with Crippen molar-refractivity contribution in [3.8, 4) is 0 Å². The molecule has 2 aromatic carbocycles. The van der Waals surface area contributed by atoms with Crippen molar-refractivity contribution in [3.63, 3.8) is 0 Å². The molecule has 0 aliphatic rings. The molecule has 0 atom stereocenters. The number of amides is 1. The second kappa shape index (κ2) is 8.91. The summed E-state index contributed by atoms with van der Waals surface area (Å²) in [6, 6.07) is 13.3. The summed E-state index contributed by atoms with van der Waals surface area (Å²) in [5.41, 5.74) is 2.58. The van der Waals surface area contributed by atoms with E-state index in [4.69, 9.17) is 0 Å². The number of nitrogens with one attached hydrogen (secondary N) is 1. The standard InChI is InChI=1S/C19H23FN2O3S/c1-3-15-6-10-18(11-7-15)21-19(23)14-22(26(2,24)25)13-12-16-4-8-17(20)9-5-16/h4-11H,3,12-14H2,1-2H3,(H,21,23). The van der Waals surface area contributed by atoms with E-state index in [0.29, 0.717) is 12.1 Å². The van der Waals surface area contributed by atoms with Crippen molar-refractivity contribution < 1.29 is 17.6 Å².